The molecule has 1 aliphatic heterocycles. The van der Waals surface area contributed by atoms with Gasteiger partial charge < -0.3 is 10.6 Å². The van der Waals surface area contributed by atoms with Crippen LogP contribution in [0.1, 0.15) is 41.0 Å². The lowest BCUT2D eigenvalue weighted by atomic mass is 9.83. The standard InChI is InChI=1S/C14H26N2O/c1-10(2)12(15)13(17)16-8-6-11(7-9-16)14(3,4)5/h6,10,12H,7-9,15H2,1-5H3. The maximum absolute atomic E-state index is 12.1. The zero-order valence-corrected chi connectivity index (χ0v) is 11.8. The monoisotopic (exact) mass is 238 g/mol. The van der Waals surface area contributed by atoms with Crippen LogP contribution in [0.5, 0.6) is 0 Å². The van der Waals surface area contributed by atoms with E-state index in [4.69, 9.17) is 5.73 Å². The average Bonchev–Trinajstić information content (AvgIpc) is 2.26. The van der Waals surface area contributed by atoms with Gasteiger partial charge in [-0.1, -0.05) is 46.3 Å². The molecule has 3 nitrogen and oxygen atoms in total. The predicted molar refractivity (Wildman–Crippen MR) is 71.5 cm³/mol. The number of hydrogen-bond acceptors (Lipinski definition) is 2. The number of hydrogen-bond donors (Lipinski definition) is 1. The van der Waals surface area contributed by atoms with E-state index in [9.17, 15) is 4.79 Å². The molecule has 0 aromatic rings. The van der Waals surface area contributed by atoms with Gasteiger partial charge in [-0.3, -0.25) is 4.79 Å². The molecule has 17 heavy (non-hydrogen) atoms. The van der Waals surface area contributed by atoms with E-state index >= 15 is 0 Å². The first-order valence-corrected chi connectivity index (χ1v) is 6.47. The van der Waals surface area contributed by atoms with Crippen LogP contribution < -0.4 is 5.73 Å². The fourth-order valence-corrected chi connectivity index (χ4v) is 2.05. The number of carbonyl (C=O) groups excluding carboxylic acids is 1. The summed E-state index contributed by atoms with van der Waals surface area (Å²) in [6.45, 7) is 12.2. The minimum absolute atomic E-state index is 0.0872. The van der Waals surface area contributed by atoms with Crippen molar-refractivity contribution in [1.82, 2.24) is 4.90 Å². The summed E-state index contributed by atoms with van der Waals surface area (Å²) in [5, 5.41) is 0. The molecular formula is C14H26N2O. The van der Waals surface area contributed by atoms with Crippen molar-refractivity contribution in [3.63, 3.8) is 0 Å². The number of nitrogens with two attached hydrogens (primary N) is 1. The Hall–Kier alpha value is -0.830. The number of amides is 1. The molecule has 1 amide bonds. The first kappa shape index (κ1) is 14.2. The van der Waals surface area contributed by atoms with E-state index in [1.165, 1.54) is 5.57 Å². The van der Waals surface area contributed by atoms with Gasteiger partial charge in [0.25, 0.3) is 0 Å². The fraction of sp³-hybridized carbons (Fsp3) is 0.786. The van der Waals surface area contributed by atoms with Crippen LogP contribution in [0.4, 0.5) is 0 Å². The maximum atomic E-state index is 12.1. The van der Waals surface area contributed by atoms with Crippen LogP contribution in [0.2, 0.25) is 0 Å². The topological polar surface area (TPSA) is 46.3 Å². The summed E-state index contributed by atoms with van der Waals surface area (Å²) in [6, 6.07) is -0.361. The molecule has 1 aliphatic rings. The first-order valence-electron chi connectivity index (χ1n) is 6.47. The highest BCUT2D eigenvalue weighted by atomic mass is 16.2. The molecule has 0 fully saturated rings. The van der Waals surface area contributed by atoms with E-state index < -0.39 is 0 Å². The lowest BCUT2D eigenvalue weighted by Crippen LogP contribution is -2.48. The van der Waals surface area contributed by atoms with Gasteiger partial charge in [0.2, 0.25) is 5.91 Å². The first-order chi connectivity index (χ1) is 7.73. The van der Waals surface area contributed by atoms with Gasteiger partial charge in [-0.05, 0) is 17.8 Å². The Morgan fingerprint density at radius 1 is 1.41 bits per heavy atom. The number of nitrogens with zero attached hydrogens (tertiary/aromatic N) is 1. The highest BCUT2D eigenvalue weighted by Crippen LogP contribution is 2.30. The van der Waals surface area contributed by atoms with Crippen LogP contribution in [0.15, 0.2) is 11.6 Å². The zero-order valence-electron chi connectivity index (χ0n) is 11.8. The second kappa shape index (κ2) is 5.21. The van der Waals surface area contributed by atoms with Crippen molar-refractivity contribution in [2.45, 2.75) is 47.1 Å². The normalized spacial score (nSPS) is 19.2. The van der Waals surface area contributed by atoms with Crippen molar-refractivity contribution in [2.24, 2.45) is 17.1 Å². The Kier molecular flexibility index (Phi) is 4.36. The summed E-state index contributed by atoms with van der Waals surface area (Å²) in [5.74, 6) is 0.291. The second-order valence-corrected chi connectivity index (χ2v) is 6.28. The van der Waals surface area contributed by atoms with Crippen LogP contribution in [-0.2, 0) is 4.79 Å². The third-order valence-electron chi connectivity index (χ3n) is 3.49. The Labute approximate surface area is 105 Å². The Bertz CT molecular complexity index is 313. The molecule has 1 unspecified atom stereocenters. The average molecular weight is 238 g/mol. The molecule has 1 heterocycles. The Balaban J connectivity index is 2.64. The molecule has 0 radical (unpaired) electrons. The highest BCUT2D eigenvalue weighted by Gasteiger charge is 2.27. The van der Waals surface area contributed by atoms with Gasteiger partial charge in [-0.2, -0.15) is 0 Å². The van der Waals surface area contributed by atoms with Crippen LogP contribution in [0.25, 0.3) is 0 Å². The zero-order chi connectivity index (χ0) is 13.2. The minimum atomic E-state index is -0.361. The third kappa shape index (κ3) is 3.56. The van der Waals surface area contributed by atoms with Gasteiger partial charge in [0.05, 0.1) is 6.04 Å². The van der Waals surface area contributed by atoms with Crippen molar-refractivity contribution in [2.75, 3.05) is 13.1 Å². The molecule has 0 aromatic heterocycles. The summed E-state index contributed by atoms with van der Waals surface area (Å²) < 4.78 is 0. The molecule has 2 N–H and O–H groups in total. The van der Waals surface area contributed by atoms with Gasteiger partial charge in [0.1, 0.15) is 0 Å². The molecule has 0 aliphatic carbocycles. The largest absolute Gasteiger partial charge is 0.337 e. The van der Waals surface area contributed by atoms with E-state index in [1.54, 1.807) is 0 Å². The van der Waals surface area contributed by atoms with Gasteiger partial charge >= 0.3 is 0 Å². The highest BCUT2D eigenvalue weighted by molar-refractivity contribution is 5.82. The molecule has 98 valence electrons. The summed E-state index contributed by atoms with van der Waals surface area (Å²) >= 11 is 0. The molecule has 0 bridgehead atoms. The predicted octanol–water partition coefficient (Wildman–Crippen LogP) is 2.17. The van der Waals surface area contributed by atoms with Crippen LogP contribution in [-0.4, -0.2) is 29.9 Å². The van der Waals surface area contributed by atoms with Crippen LogP contribution >= 0.6 is 0 Å². The van der Waals surface area contributed by atoms with E-state index in [-0.39, 0.29) is 23.3 Å². The number of rotatable bonds is 2. The summed E-state index contributed by atoms with van der Waals surface area (Å²) in [5.41, 5.74) is 7.56. The molecule has 3 heteroatoms. The third-order valence-corrected chi connectivity index (χ3v) is 3.49. The molecule has 0 aromatic carbocycles. The summed E-state index contributed by atoms with van der Waals surface area (Å²) in [6.07, 6.45) is 3.16. The maximum Gasteiger partial charge on any atom is 0.240 e. The van der Waals surface area contributed by atoms with Gasteiger partial charge in [-0.15, -0.1) is 0 Å². The molecule has 1 rings (SSSR count). The lowest BCUT2D eigenvalue weighted by molar-refractivity contribution is -0.133. The summed E-state index contributed by atoms with van der Waals surface area (Å²) in [7, 11) is 0. The molecule has 1 atom stereocenters. The van der Waals surface area contributed by atoms with Gasteiger partial charge in [0.15, 0.2) is 0 Å². The van der Waals surface area contributed by atoms with Crippen molar-refractivity contribution >= 4 is 5.91 Å². The van der Waals surface area contributed by atoms with Crippen molar-refractivity contribution in [3.05, 3.63) is 11.6 Å². The van der Waals surface area contributed by atoms with Gasteiger partial charge in [0, 0.05) is 13.1 Å². The van der Waals surface area contributed by atoms with E-state index in [0.717, 1.165) is 13.0 Å². The summed E-state index contributed by atoms with van der Waals surface area (Å²) in [4.78, 5) is 13.9. The van der Waals surface area contributed by atoms with E-state index in [2.05, 4.69) is 26.8 Å². The molecule has 0 saturated heterocycles. The fourth-order valence-electron chi connectivity index (χ4n) is 2.05. The SMILES string of the molecule is CC(C)C(N)C(=O)N1CC=C(C(C)(C)C)CC1. The number of carbonyl (C=O) groups is 1. The smallest absolute Gasteiger partial charge is 0.240 e. The second-order valence-electron chi connectivity index (χ2n) is 6.28. The quantitative estimate of drug-likeness (QED) is 0.749. The van der Waals surface area contributed by atoms with E-state index in [0.29, 0.717) is 6.54 Å². The molecule has 0 saturated carbocycles. The molecule has 0 spiro atoms. The van der Waals surface area contributed by atoms with Crippen LogP contribution in [0, 0.1) is 11.3 Å². The minimum Gasteiger partial charge on any atom is -0.337 e. The van der Waals surface area contributed by atoms with E-state index in [1.807, 2.05) is 18.7 Å². The lowest BCUT2D eigenvalue weighted by Gasteiger charge is -2.34. The van der Waals surface area contributed by atoms with Crippen LogP contribution in [0.3, 0.4) is 0 Å². The van der Waals surface area contributed by atoms with Crippen molar-refractivity contribution < 1.29 is 4.79 Å². The van der Waals surface area contributed by atoms with Crippen molar-refractivity contribution in [3.8, 4) is 0 Å². The Morgan fingerprint density at radius 2 is 2.00 bits per heavy atom. The van der Waals surface area contributed by atoms with Gasteiger partial charge in [-0.25, -0.2) is 0 Å². The Morgan fingerprint density at radius 3 is 2.35 bits per heavy atom. The molecular weight excluding hydrogens is 212 g/mol. The van der Waals surface area contributed by atoms with Crippen molar-refractivity contribution in [1.29, 1.82) is 0 Å².